The number of phenols is 1. The number of hydrogen-bond acceptors (Lipinski definition) is 3. The quantitative estimate of drug-likeness (QED) is 0.869. The summed E-state index contributed by atoms with van der Waals surface area (Å²) in [6, 6.07) is 1.91. The fourth-order valence-corrected chi connectivity index (χ4v) is 2.41. The first kappa shape index (κ1) is 10.8. The zero-order chi connectivity index (χ0) is 11.2. The van der Waals surface area contributed by atoms with Crippen LogP contribution >= 0.6 is 15.9 Å². The smallest absolute Gasteiger partial charge is 0.141 e. The topological polar surface area (TPSA) is 55.5 Å². The lowest BCUT2D eigenvalue weighted by atomic mass is 10.0. The van der Waals surface area contributed by atoms with Crippen LogP contribution in [0.5, 0.6) is 11.5 Å². The van der Waals surface area contributed by atoms with Gasteiger partial charge in [0.2, 0.25) is 0 Å². The molecule has 2 rings (SSSR count). The number of methoxy groups -OCH3 is 1. The maximum Gasteiger partial charge on any atom is 0.141 e. The molecule has 0 aliphatic heterocycles. The molecule has 0 spiro atoms. The van der Waals surface area contributed by atoms with Crippen molar-refractivity contribution in [2.24, 2.45) is 5.73 Å². The van der Waals surface area contributed by atoms with Gasteiger partial charge in [0.25, 0.3) is 0 Å². The van der Waals surface area contributed by atoms with E-state index in [2.05, 4.69) is 15.9 Å². The zero-order valence-electron chi connectivity index (χ0n) is 8.80. The van der Waals surface area contributed by atoms with Gasteiger partial charge in [0.15, 0.2) is 0 Å². The number of aromatic hydroxyl groups is 1. The molecule has 0 radical (unpaired) electrons. The maximum absolute atomic E-state index is 9.76. The molecule has 1 fully saturated rings. The highest BCUT2D eigenvalue weighted by atomic mass is 79.9. The Labute approximate surface area is 97.4 Å². The van der Waals surface area contributed by atoms with Crippen molar-refractivity contribution in [2.75, 3.05) is 7.11 Å². The fourth-order valence-electron chi connectivity index (χ4n) is 1.72. The molecule has 3 N–H and O–H groups in total. The van der Waals surface area contributed by atoms with Gasteiger partial charge in [0.1, 0.15) is 16.0 Å². The van der Waals surface area contributed by atoms with Crippen LogP contribution in [0.1, 0.15) is 24.0 Å². The largest absolute Gasteiger partial charge is 0.506 e. The molecule has 82 valence electrons. The van der Waals surface area contributed by atoms with Crippen LogP contribution < -0.4 is 10.5 Å². The number of halogens is 1. The summed E-state index contributed by atoms with van der Waals surface area (Å²) in [5, 5.41) is 9.76. The van der Waals surface area contributed by atoms with E-state index in [1.165, 1.54) is 0 Å². The minimum absolute atomic E-state index is 0.222. The van der Waals surface area contributed by atoms with E-state index in [1.807, 2.05) is 13.0 Å². The lowest BCUT2D eigenvalue weighted by molar-refractivity contribution is 0.392. The fraction of sp³-hybridized carbons (Fsp3) is 0.455. The Balaban J connectivity index is 2.63. The van der Waals surface area contributed by atoms with Gasteiger partial charge in [-0.15, -0.1) is 0 Å². The highest BCUT2D eigenvalue weighted by Crippen LogP contribution is 2.51. The average Bonchev–Trinajstić information content (AvgIpc) is 2.94. The van der Waals surface area contributed by atoms with E-state index in [4.69, 9.17) is 10.5 Å². The van der Waals surface area contributed by atoms with Crippen LogP contribution in [-0.4, -0.2) is 12.2 Å². The van der Waals surface area contributed by atoms with Crippen LogP contribution in [0.4, 0.5) is 0 Å². The molecule has 0 aromatic heterocycles. The van der Waals surface area contributed by atoms with Crippen LogP contribution in [0.3, 0.4) is 0 Å². The molecule has 1 saturated carbocycles. The van der Waals surface area contributed by atoms with Crippen LogP contribution in [0.2, 0.25) is 0 Å². The Kier molecular flexibility index (Phi) is 2.43. The van der Waals surface area contributed by atoms with E-state index in [1.54, 1.807) is 7.11 Å². The molecule has 0 amide bonds. The predicted octanol–water partition coefficient (Wildman–Crippen LogP) is 2.42. The highest BCUT2D eigenvalue weighted by molar-refractivity contribution is 9.10. The number of phenolic OH excluding ortho intramolecular Hbond substituents is 1. The molecule has 1 aliphatic rings. The van der Waals surface area contributed by atoms with Crippen LogP contribution in [-0.2, 0) is 5.54 Å². The number of nitrogens with two attached hydrogens (primary N) is 1. The van der Waals surface area contributed by atoms with Gasteiger partial charge in [-0.25, -0.2) is 0 Å². The molecule has 15 heavy (non-hydrogen) atoms. The number of benzene rings is 1. The third-order valence-corrected chi connectivity index (χ3v) is 3.65. The van der Waals surface area contributed by atoms with Gasteiger partial charge in [-0.2, -0.15) is 0 Å². The zero-order valence-corrected chi connectivity index (χ0v) is 10.4. The van der Waals surface area contributed by atoms with Gasteiger partial charge >= 0.3 is 0 Å². The van der Waals surface area contributed by atoms with Gasteiger partial charge in [0.05, 0.1) is 7.11 Å². The standard InChI is InChI=1S/C11H14BrNO2/c1-6-5-7(11(13)3-4-11)10(15-2)8(12)9(6)14/h5,14H,3-4,13H2,1-2H3. The van der Waals surface area contributed by atoms with Gasteiger partial charge in [-0.05, 0) is 47.3 Å². The minimum Gasteiger partial charge on any atom is -0.506 e. The van der Waals surface area contributed by atoms with Gasteiger partial charge in [-0.1, -0.05) is 0 Å². The van der Waals surface area contributed by atoms with Gasteiger partial charge in [-0.3, -0.25) is 0 Å². The van der Waals surface area contributed by atoms with Crippen LogP contribution in [0.25, 0.3) is 0 Å². The van der Waals surface area contributed by atoms with E-state index in [-0.39, 0.29) is 11.3 Å². The second kappa shape index (κ2) is 3.39. The SMILES string of the molecule is COc1c(C2(N)CC2)cc(C)c(O)c1Br. The van der Waals surface area contributed by atoms with Crippen molar-refractivity contribution in [3.63, 3.8) is 0 Å². The van der Waals surface area contributed by atoms with Gasteiger partial charge in [0, 0.05) is 11.1 Å². The lowest BCUT2D eigenvalue weighted by Gasteiger charge is -2.17. The van der Waals surface area contributed by atoms with Crippen molar-refractivity contribution in [3.05, 3.63) is 21.7 Å². The molecule has 0 atom stereocenters. The molecule has 0 unspecified atom stereocenters. The van der Waals surface area contributed by atoms with Crippen LogP contribution in [0.15, 0.2) is 10.5 Å². The summed E-state index contributed by atoms with van der Waals surface area (Å²) in [5.41, 5.74) is 7.69. The summed E-state index contributed by atoms with van der Waals surface area (Å²) in [7, 11) is 1.59. The van der Waals surface area contributed by atoms with Crippen molar-refractivity contribution >= 4 is 15.9 Å². The van der Waals surface area contributed by atoms with Gasteiger partial charge < -0.3 is 15.6 Å². The van der Waals surface area contributed by atoms with Crippen LogP contribution in [0, 0.1) is 6.92 Å². The Morgan fingerprint density at radius 2 is 2.13 bits per heavy atom. The summed E-state index contributed by atoms with van der Waals surface area (Å²) in [5.74, 6) is 0.873. The number of rotatable bonds is 2. The maximum atomic E-state index is 9.76. The Bertz CT molecular complexity index is 414. The summed E-state index contributed by atoms with van der Waals surface area (Å²) in [4.78, 5) is 0. The van der Waals surface area contributed by atoms with E-state index in [0.29, 0.717) is 10.2 Å². The number of aryl methyl sites for hydroxylation is 1. The van der Waals surface area contributed by atoms with E-state index >= 15 is 0 Å². The molecule has 0 heterocycles. The third-order valence-electron chi connectivity index (χ3n) is 2.92. The van der Waals surface area contributed by atoms with E-state index in [0.717, 1.165) is 24.0 Å². The monoisotopic (exact) mass is 271 g/mol. The normalized spacial score (nSPS) is 17.6. The third kappa shape index (κ3) is 1.62. The first-order valence-corrected chi connectivity index (χ1v) is 5.64. The number of hydrogen-bond donors (Lipinski definition) is 2. The first-order chi connectivity index (χ1) is 6.99. The lowest BCUT2D eigenvalue weighted by Crippen LogP contribution is -2.20. The Morgan fingerprint density at radius 1 is 1.53 bits per heavy atom. The summed E-state index contributed by atoms with van der Waals surface area (Å²) < 4.78 is 5.89. The Morgan fingerprint density at radius 3 is 2.60 bits per heavy atom. The molecule has 3 nitrogen and oxygen atoms in total. The summed E-state index contributed by atoms with van der Waals surface area (Å²) in [6.07, 6.45) is 1.94. The molecule has 0 saturated heterocycles. The minimum atomic E-state index is -0.258. The van der Waals surface area contributed by atoms with E-state index in [9.17, 15) is 5.11 Å². The first-order valence-electron chi connectivity index (χ1n) is 4.85. The van der Waals surface area contributed by atoms with Crippen molar-refractivity contribution in [1.82, 2.24) is 0 Å². The number of ether oxygens (including phenoxy) is 1. The van der Waals surface area contributed by atoms with Crippen molar-refractivity contribution in [3.8, 4) is 11.5 Å². The molecular formula is C11H14BrNO2. The summed E-state index contributed by atoms with van der Waals surface area (Å²) >= 11 is 3.33. The molecule has 1 aromatic carbocycles. The predicted molar refractivity (Wildman–Crippen MR) is 62.2 cm³/mol. The molecular weight excluding hydrogens is 258 g/mol. The van der Waals surface area contributed by atoms with Crippen molar-refractivity contribution < 1.29 is 9.84 Å². The summed E-state index contributed by atoms with van der Waals surface area (Å²) in [6.45, 7) is 1.86. The average molecular weight is 272 g/mol. The highest BCUT2D eigenvalue weighted by Gasteiger charge is 2.43. The van der Waals surface area contributed by atoms with E-state index < -0.39 is 0 Å². The second-order valence-corrected chi connectivity index (χ2v) is 4.89. The Hall–Kier alpha value is -0.740. The molecule has 0 bridgehead atoms. The van der Waals surface area contributed by atoms with Crippen molar-refractivity contribution in [1.29, 1.82) is 0 Å². The molecule has 1 aromatic rings. The van der Waals surface area contributed by atoms with Crippen molar-refractivity contribution in [2.45, 2.75) is 25.3 Å². The molecule has 4 heteroatoms. The molecule has 1 aliphatic carbocycles. The second-order valence-electron chi connectivity index (χ2n) is 4.09.